The number of ether oxygens (including phenoxy) is 1. The number of carbonyl (C=O) groups is 2. The molecule has 0 aromatic heterocycles. The summed E-state index contributed by atoms with van der Waals surface area (Å²) in [6, 6.07) is 6.85. The fourth-order valence-corrected chi connectivity index (χ4v) is 3.81. The largest absolute Gasteiger partial charge is 0.497 e. The first-order valence-corrected chi connectivity index (χ1v) is 10.8. The minimum absolute atomic E-state index is 0.126. The zero-order chi connectivity index (χ0) is 20.5. The Labute approximate surface area is 173 Å². The third-order valence-corrected chi connectivity index (χ3v) is 5.55. The number of hydrogen-bond donors (Lipinski definition) is 1. The van der Waals surface area contributed by atoms with E-state index in [4.69, 9.17) is 16.3 Å². The van der Waals surface area contributed by atoms with E-state index in [1.54, 1.807) is 12.0 Å². The van der Waals surface area contributed by atoms with E-state index < -0.39 is 6.04 Å². The Bertz CT molecular complexity index is 627. The van der Waals surface area contributed by atoms with Gasteiger partial charge < -0.3 is 15.0 Å². The second-order valence-corrected chi connectivity index (χ2v) is 8.19. The molecule has 0 heterocycles. The molecule has 1 aliphatic rings. The smallest absolute Gasteiger partial charge is 0.247 e. The Kier molecular flexibility index (Phi) is 9.10. The quantitative estimate of drug-likeness (QED) is 0.620. The second-order valence-electron chi connectivity index (χ2n) is 7.92. The Morgan fingerprint density at radius 2 is 1.82 bits per heavy atom. The van der Waals surface area contributed by atoms with Crippen LogP contribution in [0.25, 0.3) is 0 Å². The third kappa shape index (κ3) is 6.40. The highest BCUT2D eigenvalue weighted by atomic mass is 35.5. The van der Waals surface area contributed by atoms with Gasteiger partial charge in [0.2, 0.25) is 11.8 Å². The van der Waals surface area contributed by atoms with Crippen molar-refractivity contribution in [3.05, 3.63) is 29.8 Å². The van der Waals surface area contributed by atoms with Gasteiger partial charge in [-0.25, -0.2) is 0 Å². The van der Waals surface area contributed by atoms with Gasteiger partial charge >= 0.3 is 0 Å². The minimum Gasteiger partial charge on any atom is -0.497 e. The molecule has 1 aliphatic carbocycles. The van der Waals surface area contributed by atoms with E-state index in [-0.39, 0.29) is 23.7 Å². The molecular weight excluding hydrogens is 376 g/mol. The number of nitrogens with zero attached hydrogens (tertiary/aromatic N) is 1. The summed E-state index contributed by atoms with van der Waals surface area (Å²) >= 11 is 5.89. The van der Waals surface area contributed by atoms with E-state index in [1.807, 2.05) is 24.3 Å². The highest BCUT2D eigenvalue weighted by molar-refractivity contribution is 6.27. The summed E-state index contributed by atoms with van der Waals surface area (Å²) in [4.78, 5) is 27.6. The maximum absolute atomic E-state index is 13.3. The molecule has 2 rings (SSSR count). The zero-order valence-electron chi connectivity index (χ0n) is 17.2. The molecule has 1 fully saturated rings. The zero-order valence-corrected chi connectivity index (χ0v) is 18.0. The molecule has 0 spiro atoms. The van der Waals surface area contributed by atoms with Gasteiger partial charge in [-0.3, -0.25) is 9.59 Å². The van der Waals surface area contributed by atoms with Crippen LogP contribution in [0.4, 0.5) is 0 Å². The summed E-state index contributed by atoms with van der Waals surface area (Å²) in [5, 5.41) is 3.19. The van der Waals surface area contributed by atoms with Crippen molar-refractivity contribution in [3.8, 4) is 5.75 Å². The number of rotatable bonds is 9. The van der Waals surface area contributed by atoms with Crippen LogP contribution in [-0.2, 0) is 9.59 Å². The van der Waals surface area contributed by atoms with Crippen molar-refractivity contribution < 1.29 is 14.3 Å². The highest BCUT2D eigenvalue weighted by Gasteiger charge is 2.32. The number of hydrogen-bond acceptors (Lipinski definition) is 3. The van der Waals surface area contributed by atoms with Crippen LogP contribution in [0.5, 0.6) is 5.75 Å². The van der Waals surface area contributed by atoms with E-state index in [9.17, 15) is 9.59 Å². The molecule has 28 heavy (non-hydrogen) atoms. The van der Waals surface area contributed by atoms with E-state index in [1.165, 1.54) is 6.42 Å². The van der Waals surface area contributed by atoms with Crippen LogP contribution in [0.15, 0.2) is 24.3 Å². The van der Waals surface area contributed by atoms with Gasteiger partial charge in [0.1, 0.15) is 17.7 Å². The number of alkyl halides is 1. The molecule has 6 heteroatoms. The highest BCUT2D eigenvalue weighted by Crippen LogP contribution is 2.26. The molecule has 0 bridgehead atoms. The summed E-state index contributed by atoms with van der Waals surface area (Å²) in [6.45, 7) is 4.71. The second kappa shape index (κ2) is 11.3. The predicted molar refractivity (Wildman–Crippen MR) is 113 cm³/mol. The van der Waals surface area contributed by atoms with Crippen LogP contribution in [-0.4, -0.2) is 42.3 Å². The normalized spacial score (nSPS) is 15.9. The van der Waals surface area contributed by atoms with Crippen molar-refractivity contribution in [2.75, 3.05) is 19.5 Å². The SMILES string of the molecule is COc1ccc([C@@H](C(=O)NC2CCCCC2)N(CCC(C)C)C(=O)CCl)cc1. The lowest BCUT2D eigenvalue weighted by Crippen LogP contribution is -2.47. The minimum atomic E-state index is -0.683. The van der Waals surface area contributed by atoms with Gasteiger partial charge in [-0.2, -0.15) is 0 Å². The predicted octanol–water partition coefficient (Wildman–Crippen LogP) is 4.30. The lowest BCUT2D eigenvalue weighted by atomic mass is 9.94. The number of carbonyl (C=O) groups excluding carboxylic acids is 2. The van der Waals surface area contributed by atoms with Gasteiger partial charge in [0, 0.05) is 12.6 Å². The fourth-order valence-electron chi connectivity index (χ4n) is 3.66. The average molecular weight is 409 g/mol. The first-order chi connectivity index (χ1) is 13.5. The van der Waals surface area contributed by atoms with Crippen LogP contribution in [0.3, 0.4) is 0 Å². The summed E-state index contributed by atoms with van der Waals surface area (Å²) in [5.41, 5.74) is 0.774. The van der Waals surface area contributed by atoms with E-state index in [0.29, 0.717) is 18.2 Å². The molecule has 0 aliphatic heterocycles. The number of amides is 2. The Morgan fingerprint density at radius 3 is 2.36 bits per heavy atom. The molecule has 0 radical (unpaired) electrons. The molecule has 1 atom stereocenters. The van der Waals surface area contributed by atoms with Crippen LogP contribution >= 0.6 is 11.6 Å². The van der Waals surface area contributed by atoms with Gasteiger partial charge in [0.25, 0.3) is 0 Å². The lowest BCUT2D eigenvalue weighted by molar-refractivity contribution is -0.139. The monoisotopic (exact) mass is 408 g/mol. The van der Waals surface area contributed by atoms with Crippen molar-refractivity contribution in [2.45, 2.75) is 64.5 Å². The Hall–Kier alpha value is -1.75. The third-order valence-electron chi connectivity index (χ3n) is 5.33. The molecular formula is C22H33ClN2O3. The van der Waals surface area contributed by atoms with Gasteiger partial charge in [-0.1, -0.05) is 45.2 Å². The van der Waals surface area contributed by atoms with Gasteiger partial charge in [-0.05, 0) is 42.9 Å². The molecule has 2 amide bonds. The standard InChI is InChI=1S/C22H33ClN2O3/c1-16(2)13-14-25(20(26)15-23)21(17-9-11-19(28-3)12-10-17)22(27)24-18-7-5-4-6-8-18/h9-12,16,18,21H,4-8,13-15H2,1-3H3,(H,24,27)/t21-/m0/s1. The van der Waals surface area contributed by atoms with Crippen LogP contribution in [0.2, 0.25) is 0 Å². The van der Waals surface area contributed by atoms with Crippen molar-refractivity contribution in [3.63, 3.8) is 0 Å². The molecule has 0 unspecified atom stereocenters. The molecule has 1 aromatic rings. The van der Waals surface area contributed by atoms with Crippen LogP contribution in [0, 0.1) is 5.92 Å². The first-order valence-electron chi connectivity index (χ1n) is 10.3. The summed E-state index contributed by atoms with van der Waals surface area (Å²) in [5.74, 6) is 0.652. The van der Waals surface area contributed by atoms with Gasteiger partial charge in [-0.15, -0.1) is 11.6 Å². The van der Waals surface area contributed by atoms with E-state index >= 15 is 0 Å². The van der Waals surface area contributed by atoms with Crippen molar-refractivity contribution in [1.82, 2.24) is 10.2 Å². The fraction of sp³-hybridized carbons (Fsp3) is 0.636. The van der Waals surface area contributed by atoms with Crippen molar-refractivity contribution in [1.29, 1.82) is 0 Å². The molecule has 1 aromatic carbocycles. The van der Waals surface area contributed by atoms with E-state index in [0.717, 1.165) is 37.7 Å². The molecule has 0 saturated heterocycles. The maximum Gasteiger partial charge on any atom is 0.247 e. The number of halogens is 1. The molecule has 1 N–H and O–H groups in total. The number of benzene rings is 1. The summed E-state index contributed by atoms with van der Waals surface area (Å²) in [7, 11) is 1.61. The Morgan fingerprint density at radius 1 is 1.18 bits per heavy atom. The van der Waals surface area contributed by atoms with Crippen LogP contribution in [0.1, 0.15) is 64.0 Å². The molecule has 156 valence electrons. The molecule has 5 nitrogen and oxygen atoms in total. The first kappa shape index (κ1) is 22.5. The van der Waals surface area contributed by atoms with Crippen molar-refractivity contribution in [2.24, 2.45) is 5.92 Å². The summed E-state index contributed by atoms with van der Waals surface area (Å²) < 4.78 is 5.24. The molecule has 1 saturated carbocycles. The maximum atomic E-state index is 13.3. The van der Waals surface area contributed by atoms with Gasteiger partial charge in [0.15, 0.2) is 0 Å². The topological polar surface area (TPSA) is 58.6 Å². The summed E-state index contributed by atoms with van der Waals surface area (Å²) in [6.07, 6.45) is 6.30. The average Bonchev–Trinajstić information content (AvgIpc) is 2.71. The van der Waals surface area contributed by atoms with Crippen LogP contribution < -0.4 is 10.1 Å². The Balaban J connectivity index is 2.30. The van der Waals surface area contributed by atoms with Crippen molar-refractivity contribution >= 4 is 23.4 Å². The number of methoxy groups -OCH3 is 1. The lowest BCUT2D eigenvalue weighted by Gasteiger charge is -2.33. The van der Waals surface area contributed by atoms with Gasteiger partial charge in [0.05, 0.1) is 7.11 Å². The van der Waals surface area contributed by atoms with E-state index in [2.05, 4.69) is 19.2 Å². The number of nitrogens with one attached hydrogen (secondary N) is 1.